The monoisotopic (exact) mass is 222 g/mol. The Morgan fingerprint density at radius 1 is 1.33 bits per heavy atom. The van der Waals surface area contributed by atoms with Gasteiger partial charge in [-0.05, 0) is 24.1 Å². The Bertz CT molecular complexity index is 289. The number of methoxy groups -OCH3 is 1. The Morgan fingerprint density at radius 2 is 2.07 bits per heavy atom. The lowest BCUT2D eigenvalue weighted by Crippen LogP contribution is -2.26. The van der Waals surface area contributed by atoms with Crippen LogP contribution in [0.2, 0.25) is 0 Å². The van der Waals surface area contributed by atoms with E-state index in [9.17, 15) is 0 Å². The van der Waals surface area contributed by atoms with E-state index in [1.807, 2.05) is 6.92 Å². The van der Waals surface area contributed by atoms with Gasteiger partial charge >= 0.3 is 0 Å². The van der Waals surface area contributed by atoms with Crippen molar-refractivity contribution in [3.8, 4) is 0 Å². The normalized spacial score (nSPS) is 12.7. The Labute approximate surface area is 94.5 Å². The summed E-state index contributed by atoms with van der Waals surface area (Å²) in [6.45, 7) is 4.11. The molecule has 0 aliphatic heterocycles. The Morgan fingerprint density at radius 3 is 2.73 bits per heavy atom. The molecule has 1 rings (SSSR count). The zero-order valence-corrected chi connectivity index (χ0v) is 10.6. The highest BCUT2D eigenvalue weighted by molar-refractivity contribution is 6.47. The zero-order valence-electron chi connectivity index (χ0n) is 9.62. The fourth-order valence-corrected chi connectivity index (χ4v) is 2.19. The van der Waals surface area contributed by atoms with Gasteiger partial charge in [0.15, 0.2) is 0 Å². The van der Waals surface area contributed by atoms with E-state index < -0.39 is 0 Å². The quantitative estimate of drug-likeness (QED) is 0.540. The van der Waals surface area contributed by atoms with Crippen LogP contribution in [-0.2, 0) is 15.6 Å². The first-order valence-corrected chi connectivity index (χ1v) is 6.21. The van der Waals surface area contributed by atoms with Crippen LogP contribution in [0.25, 0.3) is 0 Å². The molecule has 1 aromatic rings. The molecule has 0 saturated heterocycles. The van der Waals surface area contributed by atoms with Crippen LogP contribution >= 0.6 is 0 Å². The van der Waals surface area contributed by atoms with Crippen LogP contribution in [0.3, 0.4) is 0 Å². The first-order chi connectivity index (χ1) is 7.27. The minimum Gasteiger partial charge on any atom is -0.387 e. The predicted molar refractivity (Wildman–Crippen MR) is 63.4 cm³/mol. The fourth-order valence-electron chi connectivity index (χ4n) is 1.30. The number of hydrogen-bond acceptors (Lipinski definition) is 2. The van der Waals surface area contributed by atoms with Crippen LogP contribution in [0, 0.1) is 0 Å². The zero-order chi connectivity index (χ0) is 11.1. The van der Waals surface area contributed by atoms with E-state index in [2.05, 4.69) is 31.2 Å². The summed E-state index contributed by atoms with van der Waals surface area (Å²) in [7, 11) is 2.04. The SMILES string of the molecule is CCCc1ccccc1[Si]OC(C)OC. The maximum Gasteiger partial charge on any atom is 0.272 e. The fraction of sp³-hybridized carbons (Fsp3) is 0.500. The first kappa shape index (κ1) is 12.4. The van der Waals surface area contributed by atoms with Gasteiger partial charge in [0, 0.05) is 7.11 Å². The molecule has 0 N–H and O–H groups in total. The summed E-state index contributed by atoms with van der Waals surface area (Å²) in [5, 5.41) is 1.29. The summed E-state index contributed by atoms with van der Waals surface area (Å²) in [5.74, 6) is 0. The highest BCUT2D eigenvalue weighted by Crippen LogP contribution is 2.00. The molecule has 3 heteroatoms. The second kappa shape index (κ2) is 6.77. The smallest absolute Gasteiger partial charge is 0.272 e. The Hall–Kier alpha value is -0.643. The van der Waals surface area contributed by atoms with Crippen LogP contribution in [0.4, 0.5) is 0 Å². The highest BCUT2D eigenvalue weighted by atomic mass is 28.2. The van der Waals surface area contributed by atoms with Gasteiger partial charge in [0.2, 0.25) is 0 Å². The molecule has 1 aromatic carbocycles. The molecule has 0 fully saturated rings. The van der Waals surface area contributed by atoms with Crippen molar-refractivity contribution >= 4 is 14.9 Å². The molecule has 0 aromatic heterocycles. The third-order valence-corrected chi connectivity index (χ3v) is 3.36. The third kappa shape index (κ3) is 4.16. The molecule has 0 aliphatic rings. The lowest BCUT2D eigenvalue weighted by Gasteiger charge is -2.12. The van der Waals surface area contributed by atoms with Crippen molar-refractivity contribution < 1.29 is 9.16 Å². The molecule has 2 radical (unpaired) electrons. The molecule has 1 unspecified atom stereocenters. The van der Waals surface area contributed by atoms with Gasteiger partial charge in [0.05, 0.1) is 0 Å². The molecular weight excluding hydrogens is 204 g/mol. The molecular formula is C12H18O2Si. The van der Waals surface area contributed by atoms with Crippen LogP contribution in [0.5, 0.6) is 0 Å². The van der Waals surface area contributed by atoms with Crippen molar-refractivity contribution in [3.63, 3.8) is 0 Å². The van der Waals surface area contributed by atoms with E-state index in [0.29, 0.717) is 9.76 Å². The second-order valence-electron chi connectivity index (χ2n) is 3.43. The Balaban J connectivity index is 2.58. The summed E-state index contributed by atoms with van der Waals surface area (Å²) in [6.07, 6.45) is 2.16. The maximum absolute atomic E-state index is 5.57. The van der Waals surface area contributed by atoms with Crippen molar-refractivity contribution in [2.45, 2.75) is 33.0 Å². The molecule has 0 saturated carbocycles. The predicted octanol–water partition coefficient (Wildman–Crippen LogP) is 1.89. The number of ether oxygens (including phenoxy) is 1. The van der Waals surface area contributed by atoms with E-state index in [0.717, 1.165) is 6.42 Å². The van der Waals surface area contributed by atoms with Gasteiger partial charge in [0.25, 0.3) is 9.76 Å². The van der Waals surface area contributed by atoms with Crippen molar-refractivity contribution in [3.05, 3.63) is 29.8 Å². The number of aryl methyl sites for hydroxylation is 1. The van der Waals surface area contributed by atoms with Gasteiger partial charge in [-0.25, -0.2) is 0 Å². The minimum absolute atomic E-state index is 0.127. The van der Waals surface area contributed by atoms with Crippen molar-refractivity contribution in [2.75, 3.05) is 7.11 Å². The van der Waals surface area contributed by atoms with Gasteiger partial charge in [0.1, 0.15) is 6.29 Å². The van der Waals surface area contributed by atoms with E-state index in [-0.39, 0.29) is 6.29 Å². The standard InChI is InChI=1S/C12H18O2Si/c1-4-7-11-8-5-6-9-12(11)15-14-10(2)13-3/h5-6,8-10H,4,7H2,1-3H3. The Kier molecular flexibility index (Phi) is 5.61. The average molecular weight is 222 g/mol. The molecule has 0 amide bonds. The van der Waals surface area contributed by atoms with Crippen LogP contribution in [0.15, 0.2) is 24.3 Å². The molecule has 15 heavy (non-hydrogen) atoms. The van der Waals surface area contributed by atoms with Gasteiger partial charge in [-0.2, -0.15) is 0 Å². The van der Waals surface area contributed by atoms with Gasteiger partial charge in [-0.3, -0.25) is 0 Å². The molecule has 0 heterocycles. The molecule has 0 aliphatic carbocycles. The van der Waals surface area contributed by atoms with E-state index in [1.165, 1.54) is 17.2 Å². The van der Waals surface area contributed by atoms with Gasteiger partial charge < -0.3 is 9.16 Å². The molecule has 1 atom stereocenters. The molecule has 2 nitrogen and oxygen atoms in total. The van der Waals surface area contributed by atoms with Crippen LogP contribution in [-0.4, -0.2) is 23.2 Å². The number of benzene rings is 1. The highest BCUT2D eigenvalue weighted by Gasteiger charge is 2.06. The molecule has 82 valence electrons. The molecule has 0 spiro atoms. The first-order valence-electron chi connectivity index (χ1n) is 5.30. The van der Waals surface area contributed by atoms with E-state index in [4.69, 9.17) is 9.16 Å². The summed E-state index contributed by atoms with van der Waals surface area (Å²) in [6, 6.07) is 8.44. The minimum atomic E-state index is -0.127. The summed E-state index contributed by atoms with van der Waals surface area (Å²) >= 11 is 0. The lowest BCUT2D eigenvalue weighted by molar-refractivity contribution is -0.0356. The van der Waals surface area contributed by atoms with Gasteiger partial charge in [-0.1, -0.05) is 37.6 Å². The second-order valence-corrected chi connectivity index (χ2v) is 4.41. The van der Waals surface area contributed by atoms with Crippen molar-refractivity contribution in [1.29, 1.82) is 0 Å². The van der Waals surface area contributed by atoms with Crippen molar-refractivity contribution in [1.82, 2.24) is 0 Å². The topological polar surface area (TPSA) is 18.5 Å². The van der Waals surface area contributed by atoms with Gasteiger partial charge in [-0.15, -0.1) is 0 Å². The maximum atomic E-state index is 5.57. The van der Waals surface area contributed by atoms with E-state index in [1.54, 1.807) is 7.11 Å². The largest absolute Gasteiger partial charge is 0.387 e. The van der Waals surface area contributed by atoms with Crippen LogP contribution < -0.4 is 5.19 Å². The lowest BCUT2D eigenvalue weighted by atomic mass is 10.1. The molecule has 0 bridgehead atoms. The van der Waals surface area contributed by atoms with E-state index >= 15 is 0 Å². The summed E-state index contributed by atoms with van der Waals surface area (Å²) in [5.41, 5.74) is 1.39. The average Bonchev–Trinajstić information content (AvgIpc) is 2.28. The summed E-state index contributed by atoms with van der Waals surface area (Å²) < 4.78 is 10.6. The number of rotatable bonds is 6. The number of hydrogen-bond donors (Lipinski definition) is 0. The van der Waals surface area contributed by atoms with Crippen LogP contribution in [0.1, 0.15) is 25.8 Å². The summed E-state index contributed by atoms with van der Waals surface area (Å²) in [4.78, 5) is 0. The van der Waals surface area contributed by atoms with Crippen molar-refractivity contribution in [2.24, 2.45) is 0 Å². The third-order valence-electron chi connectivity index (χ3n) is 2.20.